The van der Waals surface area contributed by atoms with E-state index in [2.05, 4.69) is 10.3 Å². The third-order valence-corrected chi connectivity index (χ3v) is 5.98. The second-order valence-electron chi connectivity index (χ2n) is 8.73. The molecular formula is C31H33N3O5. The Morgan fingerprint density at radius 1 is 0.846 bits per heavy atom. The monoisotopic (exact) mass is 527 g/mol. The van der Waals surface area contributed by atoms with Gasteiger partial charge >= 0.3 is 0 Å². The molecule has 0 aliphatic carbocycles. The van der Waals surface area contributed by atoms with Gasteiger partial charge in [0.15, 0.2) is 17.3 Å². The number of para-hydroxylation sites is 1. The van der Waals surface area contributed by atoms with Crippen LogP contribution in [0.3, 0.4) is 0 Å². The van der Waals surface area contributed by atoms with Crippen LogP contribution in [0.2, 0.25) is 0 Å². The molecule has 0 aliphatic heterocycles. The van der Waals surface area contributed by atoms with E-state index in [4.69, 9.17) is 19.9 Å². The summed E-state index contributed by atoms with van der Waals surface area (Å²) in [6.45, 7) is 5.59. The summed E-state index contributed by atoms with van der Waals surface area (Å²) in [6.07, 6.45) is 0.0725. The Hall–Kier alpha value is -4.43. The topological polar surface area (TPSA) is 113 Å². The standard InChI is InChI=1S/C31H33N3O5/c1-3-37-28-15-11-22(19-29(28)38-4-2)27(35)14-16-31(36)34-30-20-25(24-7-5-6-8-26(24)33-30)21-9-12-23(13-10-21)39-18-17-32/h5-13,15,19-20H,3-4,14,16-18,32H2,1-2H3,(H,33,34,36). The average Bonchev–Trinajstić information content (AvgIpc) is 2.96. The minimum absolute atomic E-state index is 0.0209. The summed E-state index contributed by atoms with van der Waals surface area (Å²) >= 11 is 0. The molecule has 1 aromatic heterocycles. The molecule has 0 saturated heterocycles. The van der Waals surface area contributed by atoms with E-state index in [0.717, 1.165) is 27.8 Å². The first-order valence-electron chi connectivity index (χ1n) is 13.1. The maximum absolute atomic E-state index is 12.8. The van der Waals surface area contributed by atoms with E-state index in [0.29, 0.717) is 49.2 Å². The molecule has 0 fully saturated rings. The molecule has 0 aliphatic rings. The van der Waals surface area contributed by atoms with Gasteiger partial charge in [0.05, 0.1) is 18.7 Å². The number of ketones is 1. The highest BCUT2D eigenvalue weighted by Gasteiger charge is 2.15. The lowest BCUT2D eigenvalue weighted by atomic mass is 10.0. The molecule has 8 nitrogen and oxygen atoms in total. The zero-order chi connectivity index (χ0) is 27.6. The summed E-state index contributed by atoms with van der Waals surface area (Å²) in [5, 5.41) is 3.82. The minimum atomic E-state index is -0.293. The molecule has 1 amide bonds. The van der Waals surface area contributed by atoms with Gasteiger partial charge in [-0.15, -0.1) is 0 Å². The normalized spacial score (nSPS) is 10.7. The lowest BCUT2D eigenvalue weighted by Crippen LogP contribution is -2.14. The van der Waals surface area contributed by atoms with Crippen LogP contribution in [0.15, 0.2) is 72.8 Å². The molecule has 0 radical (unpaired) electrons. The van der Waals surface area contributed by atoms with Gasteiger partial charge < -0.3 is 25.3 Å². The van der Waals surface area contributed by atoms with Crippen LogP contribution in [0.4, 0.5) is 5.82 Å². The minimum Gasteiger partial charge on any atom is -0.492 e. The Morgan fingerprint density at radius 3 is 2.33 bits per heavy atom. The van der Waals surface area contributed by atoms with Crippen molar-refractivity contribution >= 4 is 28.4 Å². The fourth-order valence-corrected chi connectivity index (χ4v) is 4.19. The molecule has 0 spiro atoms. The van der Waals surface area contributed by atoms with Crippen LogP contribution in [0.1, 0.15) is 37.0 Å². The molecule has 3 N–H and O–H groups in total. The van der Waals surface area contributed by atoms with Crippen molar-refractivity contribution in [2.75, 3.05) is 31.7 Å². The molecule has 8 heteroatoms. The van der Waals surface area contributed by atoms with Crippen molar-refractivity contribution in [1.82, 2.24) is 4.98 Å². The number of anilines is 1. The molecule has 39 heavy (non-hydrogen) atoms. The molecular weight excluding hydrogens is 494 g/mol. The van der Waals surface area contributed by atoms with Crippen molar-refractivity contribution < 1.29 is 23.8 Å². The van der Waals surface area contributed by atoms with E-state index in [-0.39, 0.29) is 24.5 Å². The van der Waals surface area contributed by atoms with Crippen LogP contribution in [-0.2, 0) is 4.79 Å². The van der Waals surface area contributed by atoms with E-state index in [1.165, 1.54) is 0 Å². The third-order valence-electron chi connectivity index (χ3n) is 5.98. The van der Waals surface area contributed by atoms with Crippen LogP contribution < -0.4 is 25.3 Å². The fraction of sp³-hybridized carbons (Fsp3) is 0.258. The summed E-state index contributed by atoms with van der Waals surface area (Å²) in [4.78, 5) is 30.3. The van der Waals surface area contributed by atoms with Crippen molar-refractivity contribution in [3.8, 4) is 28.4 Å². The number of carbonyl (C=O) groups is 2. The Labute approximate surface area is 228 Å². The number of rotatable bonds is 13. The van der Waals surface area contributed by atoms with Gasteiger partial charge in [0.2, 0.25) is 5.91 Å². The molecule has 0 atom stereocenters. The maximum Gasteiger partial charge on any atom is 0.225 e. The highest BCUT2D eigenvalue weighted by Crippen LogP contribution is 2.32. The first-order valence-corrected chi connectivity index (χ1v) is 13.1. The van der Waals surface area contributed by atoms with Gasteiger partial charge in [-0.2, -0.15) is 0 Å². The number of fused-ring (bicyclic) bond motifs is 1. The van der Waals surface area contributed by atoms with Crippen molar-refractivity contribution in [2.24, 2.45) is 5.73 Å². The highest BCUT2D eigenvalue weighted by atomic mass is 16.5. The van der Waals surface area contributed by atoms with Crippen molar-refractivity contribution in [1.29, 1.82) is 0 Å². The molecule has 4 rings (SSSR count). The van der Waals surface area contributed by atoms with Gasteiger partial charge in [-0.3, -0.25) is 9.59 Å². The SMILES string of the molecule is CCOc1ccc(C(=O)CCC(=O)Nc2cc(-c3ccc(OCCN)cc3)c3ccccc3n2)cc1OCC. The number of carbonyl (C=O) groups excluding carboxylic acids is 2. The van der Waals surface area contributed by atoms with Crippen molar-refractivity contribution in [3.63, 3.8) is 0 Å². The number of Topliss-reactive ketones (excluding diaryl/α,β-unsaturated/α-hetero) is 1. The van der Waals surface area contributed by atoms with Gasteiger partial charge in [-0.25, -0.2) is 4.98 Å². The Kier molecular flexibility index (Phi) is 9.48. The number of hydrogen-bond donors (Lipinski definition) is 2. The number of nitrogens with one attached hydrogen (secondary N) is 1. The second kappa shape index (κ2) is 13.4. The first kappa shape index (κ1) is 27.6. The van der Waals surface area contributed by atoms with E-state index in [9.17, 15) is 9.59 Å². The third kappa shape index (κ3) is 7.12. The van der Waals surface area contributed by atoms with Crippen LogP contribution in [-0.4, -0.2) is 43.0 Å². The summed E-state index contributed by atoms with van der Waals surface area (Å²) in [6, 6.07) is 22.4. The summed E-state index contributed by atoms with van der Waals surface area (Å²) < 4.78 is 16.8. The van der Waals surface area contributed by atoms with Gasteiger partial charge in [0.25, 0.3) is 0 Å². The highest BCUT2D eigenvalue weighted by molar-refractivity contribution is 6.02. The van der Waals surface area contributed by atoms with Gasteiger partial charge in [0.1, 0.15) is 18.2 Å². The largest absolute Gasteiger partial charge is 0.492 e. The number of pyridine rings is 1. The van der Waals surface area contributed by atoms with Gasteiger partial charge in [-0.1, -0.05) is 30.3 Å². The first-order chi connectivity index (χ1) is 19.0. The zero-order valence-corrected chi connectivity index (χ0v) is 22.2. The Balaban J connectivity index is 1.47. The van der Waals surface area contributed by atoms with E-state index >= 15 is 0 Å². The van der Waals surface area contributed by atoms with Crippen molar-refractivity contribution in [2.45, 2.75) is 26.7 Å². The number of hydrogen-bond acceptors (Lipinski definition) is 7. The van der Waals surface area contributed by atoms with Crippen LogP contribution in [0, 0.1) is 0 Å². The molecule has 3 aromatic carbocycles. The number of nitrogens with zero attached hydrogens (tertiary/aromatic N) is 1. The van der Waals surface area contributed by atoms with E-state index in [1.54, 1.807) is 18.2 Å². The molecule has 0 saturated carbocycles. The number of ether oxygens (including phenoxy) is 3. The van der Waals surface area contributed by atoms with E-state index < -0.39 is 0 Å². The van der Waals surface area contributed by atoms with Crippen molar-refractivity contribution in [3.05, 3.63) is 78.4 Å². The van der Waals surface area contributed by atoms with Gasteiger partial charge in [-0.05, 0) is 67.4 Å². The molecule has 0 unspecified atom stereocenters. The summed E-state index contributed by atoms with van der Waals surface area (Å²) in [5.74, 6) is 1.81. The molecule has 4 aromatic rings. The molecule has 1 heterocycles. The van der Waals surface area contributed by atoms with Gasteiger partial charge in [0, 0.05) is 30.3 Å². The quantitative estimate of drug-likeness (QED) is 0.216. The van der Waals surface area contributed by atoms with Crippen LogP contribution in [0.5, 0.6) is 17.2 Å². The predicted octanol–water partition coefficient (Wildman–Crippen LogP) is 5.64. The maximum atomic E-state index is 12.8. The van der Waals surface area contributed by atoms with E-state index in [1.807, 2.05) is 68.4 Å². The Bertz CT molecular complexity index is 1440. The van der Waals surface area contributed by atoms with Crippen LogP contribution >= 0.6 is 0 Å². The predicted molar refractivity (Wildman–Crippen MR) is 153 cm³/mol. The summed E-state index contributed by atoms with van der Waals surface area (Å²) in [7, 11) is 0. The number of amides is 1. The zero-order valence-electron chi connectivity index (χ0n) is 22.2. The molecule has 202 valence electrons. The number of nitrogens with two attached hydrogens (primary N) is 1. The fourth-order valence-electron chi connectivity index (χ4n) is 4.19. The summed E-state index contributed by atoms with van der Waals surface area (Å²) in [5.41, 5.74) is 8.63. The lowest BCUT2D eigenvalue weighted by Gasteiger charge is -2.13. The number of benzene rings is 3. The Morgan fingerprint density at radius 2 is 1.59 bits per heavy atom. The smallest absolute Gasteiger partial charge is 0.225 e. The lowest BCUT2D eigenvalue weighted by molar-refractivity contribution is -0.116. The number of aromatic nitrogens is 1. The second-order valence-corrected chi connectivity index (χ2v) is 8.73. The average molecular weight is 528 g/mol. The molecule has 0 bridgehead atoms. The van der Waals surface area contributed by atoms with Crippen LogP contribution in [0.25, 0.3) is 22.0 Å².